The van der Waals surface area contributed by atoms with Gasteiger partial charge >= 0.3 is 0 Å². The molecular weight excluding hydrogens is 240 g/mol. The SMILES string of the molecule is COc1cc2c(cc1CNCCCO)CCNC2C. The number of rotatable bonds is 6. The van der Waals surface area contributed by atoms with Crippen LogP contribution in [0.3, 0.4) is 0 Å². The molecule has 1 aliphatic heterocycles. The monoisotopic (exact) mass is 264 g/mol. The smallest absolute Gasteiger partial charge is 0.123 e. The summed E-state index contributed by atoms with van der Waals surface area (Å²) in [6.45, 7) is 5.08. The number of aliphatic hydroxyl groups excluding tert-OH is 1. The highest BCUT2D eigenvalue weighted by atomic mass is 16.5. The van der Waals surface area contributed by atoms with Gasteiger partial charge in [-0.2, -0.15) is 0 Å². The van der Waals surface area contributed by atoms with Crippen molar-refractivity contribution in [3.05, 3.63) is 28.8 Å². The molecule has 1 aromatic carbocycles. The van der Waals surface area contributed by atoms with E-state index < -0.39 is 0 Å². The Labute approximate surface area is 115 Å². The second kappa shape index (κ2) is 6.89. The minimum Gasteiger partial charge on any atom is -0.496 e. The van der Waals surface area contributed by atoms with Crippen molar-refractivity contribution >= 4 is 0 Å². The first-order chi connectivity index (χ1) is 9.26. The highest BCUT2D eigenvalue weighted by Gasteiger charge is 2.18. The molecule has 1 heterocycles. The van der Waals surface area contributed by atoms with E-state index in [1.165, 1.54) is 16.7 Å². The van der Waals surface area contributed by atoms with Gasteiger partial charge in [0.15, 0.2) is 0 Å². The van der Waals surface area contributed by atoms with Crippen molar-refractivity contribution in [1.82, 2.24) is 10.6 Å². The lowest BCUT2D eigenvalue weighted by Crippen LogP contribution is -2.28. The zero-order chi connectivity index (χ0) is 13.7. The molecule has 0 amide bonds. The molecule has 2 rings (SSSR count). The zero-order valence-corrected chi connectivity index (χ0v) is 11.8. The van der Waals surface area contributed by atoms with Gasteiger partial charge in [-0.15, -0.1) is 0 Å². The van der Waals surface area contributed by atoms with Crippen LogP contribution in [0, 0.1) is 0 Å². The number of nitrogens with one attached hydrogen (secondary N) is 2. The molecule has 0 saturated heterocycles. The van der Waals surface area contributed by atoms with E-state index in [0.717, 1.165) is 38.2 Å². The van der Waals surface area contributed by atoms with Gasteiger partial charge in [0.25, 0.3) is 0 Å². The predicted octanol–water partition coefficient (Wildman–Crippen LogP) is 1.37. The molecule has 0 fully saturated rings. The molecule has 1 aromatic rings. The van der Waals surface area contributed by atoms with E-state index in [1.807, 2.05) is 0 Å². The summed E-state index contributed by atoms with van der Waals surface area (Å²) in [7, 11) is 1.72. The maximum absolute atomic E-state index is 8.78. The molecule has 0 aliphatic carbocycles. The summed E-state index contributed by atoms with van der Waals surface area (Å²) in [6.07, 6.45) is 1.86. The fraction of sp³-hybridized carbons (Fsp3) is 0.600. The zero-order valence-electron chi connectivity index (χ0n) is 11.8. The number of aliphatic hydroxyl groups is 1. The summed E-state index contributed by atoms with van der Waals surface area (Å²) >= 11 is 0. The van der Waals surface area contributed by atoms with Gasteiger partial charge in [0.1, 0.15) is 5.75 Å². The Morgan fingerprint density at radius 2 is 2.32 bits per heavy atom. The fourth-order valence-electron chi connectivity index (χ4n) is 2.60. The predicted molar refractivity (Wildman–Crippen MR) is 76.5 cm³/mol. The van der Waals surface area contributed by atoms with E-state index in [0.29, 0.717) is 6.04 Å². The van der Waals surface area contributed by atoms with Gasteiger partial charge in [-0.25, -0.2) is 0 Å². The largest absolute Gasteiger partial charge is 0.496 e. The van der Waals surface area contributed by atoms with Gasteiger partial charge in [-0.05, 0) is 50.0 Å². The van der Waals surface area contributed by atoms with Crippen molar-refractivity contribution in [1.29, 1.82) is 0 Å². The molecule has 1 aliphatic rings. The maximum Gasteiger partial charge on any atom is 0.123 e. The summed E-state index contributed by atoms with van der Waals surface area (Å²) in [5.74, 6) is 0.950. The minimum absolute atomic E-state index is 0.234. The molecule has 4 heteroatoms. The van der Waals surface area contributed by atoms with E-state index >= 15 is 0 Å². The van der Waals surface area contributed by atoms with Crippen LogP contribution in [0.5, 0.6) is 5.75 Å². The molecule has 3 N–H and O–H groups in total. The summed E-state index contributed by atoms with van der Waals surface area (Å²) < 4.78 is 5.50. The summed E-state index contributed by atoms with van der Waals surface area (Å²) in [6, 6.07) is 4.82. The van der Waals surface area contributed by atoms with E-state index in [-0.39, 0.29) is 6.61 Å². The number of methoxy groups -OCH3 is 1. The lowest BCUT2D eigenvalue weighted by Gasteiger charge is -2.25. The standard InChI is InChI=1S/C15H24N2O2/c1-11-14-9-15(19-2)13(10-16-5-3-7-18)8-12(14)4-6-17-11/h8-9,11,16-18H,3-7,10H2,1-2H3. The van der Waals surface area contributed by atoms with Gasteiger partial charge in [-0.3, -0.25) is 0 Å². The number of benzene rings is 1. The van der Waals surface area contributed by atoms with Crippen LogP contribution in [0.2, 0.25) is 0 Å². The first-order valence-corrected chi connectivity index (χ1v) is 7.01. The Balaban J connectivity index is 2.13. The molecule has 106 valence electrons. The van der Waals surface area contributed by atoms with Crippen molar-refractivity contribution in [3.8, 4) is 5.75 Å². The van der Waals surface area contributed by atoms with Gasteiger partial charge in [0, 0.05) is 24.8 Å². The van der Waals surface area contributed by atoms with Crippen LogP contribution in [0.1, 0.15) is 36.1 Å². The van der Waals surface area contributed by atoms with Crippen LogP contribution in [-0.4, -0.2) is 31.9 Å². The highest BCUT2D eigenvalue weighted by molar-refractivity contribution is 5.45. The number of hydrogen-bond donors (Lipinski definition) is 3. The lowest BCUT2D eigenvalue weighted by atomic mass is 9.93. The van der Waals surface area contributed by atoms with Gasteiger partial charge in [-0.1, -0.05) is 6.07 Å². The Bertz CT molecular complexity index is 421. The number of fused-ring (bicyclic) bond motifs is 1. The summed E-state index contributed by atoms with van der Waals surface area (Å²) in [5.41, 5.74) is 3.97. The van der Waals surface area contributed by atoms with Crippen LogP contribution in [0.4, 0.5) is 0 Å². The van der Waals surface area contributed by atoms with Crippen LogP contribution in [-0.2, 0) is 13.0 Å². The number of ether oxygens (including phenoxy) is 1. The maximum atomic E-state index is 8.78. The third kappa shape index (κ3) is 3.47. The molecule has 4 nitrogen and oxygen atoms in total. The Morgan fingerprint density at radius 3 is 3.05 bits per heavy atom. The third-order valence-electron chi connectivity index (χ3n) is 3.68. The molecule has 0 spiro atoms. The fourth-order valence-corrected chi connectivity index (χ4v) is 2.60. The normalized spacial score (nSPS) is 18.2. The van der Waals surface area contributed by atoms with Gasteiger partial charge < -0.3 is 20.5 Å². The molecule has 1 unspecified atom stereocenters. The van der Waals surface area contributed by atoms with Crippen molar-refractivity contribution in [2.24, 2.45) is 0 Å². The van der Waals surface area contributed by atoms with Crippen LogP contribution < -0.4 is 15.4 Å². The highest BCUT2D eigenvalue weighted by Crippen LogP contribution is 2.30. The van der Waals surface area contributed by atoms with Gasteiger partial charge in [0.05, 0.1) is 7.11 Å². The quantitative estimate of drug-likeness (QED) is 0.679. The van der Waals surface area contributed by atoms with Crippen molar-refractivity contribution in [2.75, 3.05) is 26.8 Å². The number of hydrogen-bond acceptors (Lipinski definition) is 4. The second-order valence-electron chi connectivity index (χ2n) is 5.04. The second-order valence-corrected chi connectivity index (χ2v) is 5.04. The average molecular weight is 264 g/mol. The van der Waals surface area contributed by atoms with E-state index in [1.54, 1.807) is 7.11 Å². The van der Waals surface area contributed by atoms with Crippen LogP contribution in [0.25, 0.3) is 0 Å². The Morgan fingerprint density at radius 1 is 1.47 bits per heavy atom. The Hall–Kier alpha value is -1.10. The average Bonchev–Trinajstić information content (AvgIpc) is 2.43. The minimum atomic E-state index is 0.234. The van der Waals surface area contributed by atoms with E-state index in [2.05, 4.69) is 29.7 Å². The van der Waals surface area contributed by atoms with E-state index in [9.17, 15) is 0 Å². The lowest BCUT2D eigenvalue weighted by molar-refractivity contribution is 0.286. The van der Waals surface area contributed by atoms with Crippen LogP contribution in [0.15, 0.2) is 12.1 Å². The molecular formula is C15H24N2O2. The van der Waals surface area contributed by atoms with Crippen molar-refractivity contribution in [2.45, 2.75) is 32.4 Å². The summed E-state index contributed by atoms with van der Waals surface area (Å²) in [4.78, 5) is 0. The first kappa shape index (κ1) is 14.3. The molecule has 1 atom stereocenters. The third-order valence-corrected chi connectivity index (χ3v) is 3.68. The van der Waals surface area contributed by atoms with Crippen LogP contribution >= 0.6 is 0 Å². The molecule has 0 bridgehead atoms. The molecule has 0 radical (unpaired) electrons. The molecule has 0 saturated carbocycles. The molecule has 19 heavy (non-hydrogen) atoms. The topological polar surface area (TPSA) is 53.5 Å². The first-order valence-electron chi connectivity index (χ1n) is 7.01. The van der Waals surface area contributed by atoms with Crippen molar-refractivity contribution < 1.29 is 9.84 Å². The van der Waals surface area contributed by atoms with Crippen molar-refractivity contribution in [3.63, 3.8) is 0 Å². The molecule has 0 aromatic heterocycles. The van der Waals surface area contributed by atoms with E-state index in [4.69, 9.17) is 9.84 Å². The van der Waals surface area contributed by atoms with Gasteiger partial charge in [0.2, 0.25) is 0 Å². The Kier molecular flexibility index (Phi) is 5.19. The summed E-state index contributed by atoms with van der Waals surface area (Å²) in [5, 5.41) is 15.6.